The van der Waals surface area contributed by atoms with Gasteiger partial charge in [0.05, 0.1) is 5.25 Å². The van der Waals surface area contributed by atoms with Crippen LogP contribution in [-0.2, 0) is 10.0 Å². The molecule has 0 spiro atoms. The highest BCUT2D eigenvalue weighted by molar-refractivity contribution is 9.10. The van der Waals surface area contributed by atoms with E-state index in [0.29, 0.717) is 12.4 Å². The molecule has 0 aliphatic rings. The zero-order valence-electron chi connectivity index (χ0n) is 10.6. The van der Waals surface area contributed by atoms with Crippen LogP contribution in [-0.4, -0.2) is 31.2 Å². The van der Waals surface area contributed by atoms with Crippen molar-refractivity contribution < 1.29 is 8.42 Å². The second-order valence-corrected chi connectivity index (χ2v) is 7.40. The molecule has 2 N–H and O–H groups in total. The fourth-order valence-corrected chi connectivity index (χ4v) is 2.36. The Hall–Kier alpha value is -0.660. The highest BCUT2D eigenvalue weighted by Crippen LogP contribution is 2.13. The number of nitrogens with one attached hydrogen (secondary N) is 2. The number of hydrogen-bond donors (Lipinski definition) is 2. The maximum absolute atomic E-state index is 12.0. The SMILES string of the molecule is CC(C)NCC(C)S(=O)(=O)Nc1ccc(Br)cn1. The molecule has 102 valence electrons. The number of aromatic nitrogens is 1. The van der Waals surface area contributed by atoms with Crippen molar-refractivity contribution in [1.29, 1.82) is 0 Å². The van der Waals surface area contributed by atoms with Gasteiger partial charge in [-0.05, 0) is 35.0 Å². The monoisotopic (exact) mass is 335 g/mol. The first kappa shape index (κ1) is 15.4. The molecule has 1 unspecified atom stereocenters. The van der Waals surface area contributed by atoms with Crippen molar-refractivity contribution in [3.63, 3.8) is 0 Å². The van der Waals surface area contributed by atoms with Gasteiger partial charge in [0.1, 0.15) is 5.82 Å². The van der Waals surface area contributed by atoms with Crippen LogP contribution in [0.15, 0.2) is 22.8 Å². The van der Waals surface area contributed by atoms with Gasteiger partial charge in [0.15, 0.2) is 0 Å². The summed E-state index contributed by atoms with van der Waals surface area (Å²) in [5, 5.41) is 2.58. The summed E-state index contributed by atoms with van der Waals surface area (Å²) >= 11 is 3.25. The lowest BCUT2D eigenvalue weighted by atomic mass is 10.3. The number of nitrogens with zero attached hydrogens (tertiary/aromatic N) is 1. The van der Waals surface area contributed by atoms with Crippen LogP contribution in [0.4, 0.5) is 5.82 Å². The lowest BCUT2D eigenvalue weighted by Gasteiger charge is -2.16. The van der Waals surface area contributed by atoms with Crippen LogP contribution in [0.1, 0.15) is 20.8 Å². The predicted molar refractivity (Wildman–Crippen MR) is 77.1 cm³/mol. The molecule has 0 bridgehead atoms. The van der Waals surface area contributed by atoms with Gasteiger partial charge in [-0.3, -0.25) is 4.72 Å². The van der Waals surface area contributed by atoms with Crippen molar-refractivity contribution >= 4 is 31.8 Å². The predicted octanol–water partition coefficient (Wildman–Crippen LogP) is 1.97. The number of sulfonamides is 1. The molecule has 0 radical (unpaired) electrons. The first-order valence-corrected chi connectivity index (χ1v) is 8.02. The number of rotatable bonds is 6. The Balaban J connectivity index is 2.66. The van der Waals surface area contributed by atoms with E-state index in [0.717, 1.165) is 4.47 Å². The fourth-order valence-electron chi connectivity index (χ4n) is 1.19. The fraction of sp³-hybridized carbons (Fsp3) is 0.545. The third-order valence-electron chi connectivity index (χ3n) is 2.32. The second-order valence-electron chi connectivity index (χ2n) is 4.38. The van der Waals surface area contributed by atoms with Gasteiger partial charge in [0, 0.05) is 23.3 Å². The number of halogens is 1. The first-order chi connectivity index (χ1) is 8.31. The maximum atomic E-state index is 12.0. The molecule has 0 aromatic carbocycles. The van der Waals surface area contributed by atoms with Crippen LogP contribution < -0.4 is 10.0 Å². The molecule has 1 rings (SSSR count). The lowest BCUT2D eigenvalue weighted by Crippen LogP contribution is -2.37. The summed E-state index contributed by atoms with van der Waals surface area (Å²) in [5.41, 5.74) is 0. The van der Waals surface area contributed by atoms with Crippen molar-refractivity contribution in [1.82, 2.24) is 10.3 Å². The third kappa shape index (κ3) is 4.91. The number of hydrogen-bond acceptors (Lipinski definition) is 4. The van der Waals surface area contributed by atoms with Crippen LogP contribution in [0.25, 0.3) is 0 Å². The molecule has 0 aliphatic heterocycles. The van der Waals surface area contributed by atoms with E-state index in [2.05, 4.69) is 31.0 Å². The summed E-state index contributed by atoms with van der Waals surface area (Å²) in [7, 11) is -3.41. The minimum atomic E-state index is -3.41. The van der Waals surface area contributed by atoms with Crippen molar-refractivity contribution in [3.8, 4) is 0 Å². The molecular formula is C11H18BrN3O2S. The minimum Gasteiger partial charge on any atom is -0.313 e. The Labute approximate surface area is 117 Å². The van der Waals surface area contributed by atoms with E-state index < -0.39 is 15.3 Å². The number of anilines is 1. The average molecular weight is 336 g/mol. The average Bonchev–Trinajstić information content (AvgIpc) is 2.28. The molecule has 0 amide bonds. The van der Waals surface area contributed by atoms with Gasteiger partial charge < -0.3 is 5.32 Å². The molecule has 0 aliphatic carbocycles. The largest absolute Gasteiger partial charge is 0.313 e. The van der Waals surface area contributed by atoms with E-state index in [4.69, 9.17) is 0 Å². The Bertz CT molecular complexity index is 474. The van der Waals surface area contributed by atoms with Crippen molar-refractivity contribution in [2.45, 2.75) is 32.1 Å². The van der Waals surface area contributed by atoms with Gasteiger partial charge in [-0.25, -0.2) is 13.4 Å². The van der Waals surface area contributed by atoms with Gasteiger partial charge in [-0.1, -0.05) is 13.8 Å². The van der Waals surface area contributed by atoms with Crippen LogP contribution in [0.2, 0.25) is 0 Å². The van der Waals surface area contributed by atoms with Gasteiger partial charge in [0.25, 0.3) is 0 Å². The van der Waals surface area contributed by atoms with E-state index in [-0.39, 0.29) is 6.04 Å². The Kier molecular flexibility index (Phi) is 5.55. The molecule has 7 heteroatoms. The highest BCUT2D eigenvalue weighted by atomic mass is 79.9. The summed E-state index contributed by atoms with van der Waals surface area (Å²) < 4.78 is 27.3. The van der Waals surface area contributed by atoms with E-state index in [1.165, 1.54) is 0 Å². The van der Waals surface area contributed by atoms with Crippen LogP contribution in [0, 0.1) is 0 Å². The lowest BCUT2D eigenvalue weighted by molar-refractivity contribution is 0.553. The van der Waals surface area contributed by atoms with Crippen LogP contribution in [0.5, 0.6) is 0 Å². The molecule has 1 heterocycles. The van der Waals surface area contributed by atoms with Crippen LogP contribution >= 0.6 is 15.9 Å². The molecular weight excluding hydrogens is 318 g/mol. The molecule has 5 nitrogen and oxygen atoms in total. The summed E-state index contributed by atoms with van der Waals surface area (Å²) in [6.45, 7) is 6.02. The van der Waals surface area contributed by atoms with Gasteiger partial charge in [-0.15, -0.1) is 0 Å². The quantitative estimate of drug-likeness (QED) is 0.833. The van der Waals surface area contributed by atoms with E-state index in [1.54, 1.807) is 25.3 Å². The zero-order valence-corrected chi connectivity index (χ0v) is 13.0. The summed E-state index contributed by atoms with van der Waals surface area (Å²) in [4.78, 5) is 3.98. The molecule has 0 fully saturated rings. The molecule has 0 saturated carbocycles. The standard InChI is InChI=1S/C11H18BrN3O2S/c1-8(2)13-6-9(3)18(16,17)15-11-5-4-10(12)7-14-11/h4-5,7-9,13H,6H2,1-3H3,(H,14,15). The van der Waals surface area contributed by atoms with Crippen LogP contribution in [0.3, 0.4) is 0 Å². The van der Waals surface area contributed by atoms with E-state index >= 15 is 0 Å². The normalized spacial score (nSPS) is 13.6. The molecule has 0 saturated heterocycles. The summed E-state index contributed by atoms with van der Waals surface area (Å²) in [6.07, 6.45) is 1.55. The molecule has 1 aromatic heterocycles. The summed E-state index contributed by atoms with van der Waals surface area (Å²) in [5.74, 6) is 0.328. The van der Waals surface area contributed by atoms with E-state index in [1.807, 2.05) is 13.8 Å². The Morgan fingerprint density at radius 1 is 1.33 bits per heavy atom. The van der Waals surface area contributed by atoms with Crippen molar-refractivity contribution in [2.24, 2.45) is 0 Å². The molecule has 1 aromatic rings. The topological polar surface area (TPSA) is 71.1 Å². The molecule has 18 heavy (non-hydrogen) atoms. The maximum Gasteiger partial charge on any atom is 0.237 e. The smallest absolute Gasteiger partial charge is 0.237 e. The third-order valence-corrected chi connectivity index (χ3v) is 4.51. The minimum absolute atomic E-state index is 0.258. The number of pyridine rings is 1. The van der Waals surface area contributed by atoms with E-state index in [9.17, 15) is 8.42 Å². The Morgan fingerprint density at radius 2 is 2.00 bits per heavy atom. The zero-order chi connectivity index (χ0) is 13.8. The van der Waals surface area contributed by atoms with Crippen molar-refractivity contribution in [2.75, 3.05) is 11.3 Å². The molecule has 1 atom stereocenters. The van der Waals surface area contributed by atoms with Crippen molar-refractivity contribution in [3.05, 3.63) is 22.8 Å². The van der Waals surface area contributed by atoms with Gasteiger partial charge in [0.2, 0.25) is 10.0 Å². The van der Waals surface area contributed by atoms with Gasteiger partial charge >= 0.3 is 0 Å². The Morgan fingerprint density at radius 3 is 2.50 bits per heavy atom. The first-order valence-electron chi connectivity index (χ1n) is 5.68. The highest BCUT2D eigenvalue weighted by Gasteiger charge is 2.21. The van der Waals surface area contributed by atoms with Gasteiger partial charge in [-0.2, -0.15) is 0 Å². The second kappa shape index (κ2) is 6.49. The summed E-state index contributed by atoms with van der Waals surface area (Å²) in [6, 6.07) is 3.61.